The van der Waals surface area contributed by atoms with E-state index in [4.69, 9.17) is 9.84 Å². The quantitative estimate of drug-likeness (QED) is 0.768. The van der Waals surface area contributed by atoms with E-state index in [2.05, 4.69) is 6.92 Å². The van der Waals surface area contributed by atoms with Crippen molar-refractivity contribution in [3.8, 4) is 0 Å². The number of carbonyl (C=O) groups is 2. The molecule has 0 spiro atoms. The lowest BCUT2D eigenvalue weighted by atomic mass is 9.97. The fraction of sp³-hybridized carbons (Fsp3) is 0.857. The Morgan fingerprint density at radius 2 is 2.16 bits per heavy atom. The predicted molar refractivity (Wildman–Crippen MR) is 71.9 cm³/mol. The van der Waals surface area contributed by atoms with Gasteiger partial charge in [0.1, 0.15) is 0 Å². The van der Waals surface area contributed by atoms with E-state index in [0.717, 1.165) is 25.7 Å². The van der Waals surface area contributed by atoms with Crippen LogP contribution in [0.1, 0.15) is 46.0 Å². The number of carboxylic acid groups (broad SMARTS) is 1. The SMILES string of the molecule is CCCCC(CC)C(=O)N1CCOC(CC(=O)O)C1. The standard InChI is InChI=1S/C14H25NO4/c1-3-5-6-11(4-2)14(18)15-7-8-19-12(10-15)9-13(16)17/h11-12H,3-10H2,1-2H3,(H,16,17). The molecule has 0 saturated carbocycles. The Balaban J connectivity index is 2.52. The summed E-state index contributed by atoms with van der Waals surface area (Å²) in [5.74, 6) is -0.643. The zero-order chi connectivity index (χ0) is 14.3. The highest BCUT2D eigenvalue weighted by Crippen LogP contribution is 2.18. The van der Waals surface area contributed by atoms with Crippen molar-refractivity contribution in [1.82, 2.24) is 4.90 Å². The van der Waals surface area contributed by atoms with Gasteiger partial charge in [0.25, 0.3) is 0 Å². The highest BCUT2D eigenvalue weighted by Gasteiger charge is 2.29. The molecule has 0 aliphatic carbocycles. The molecule has 0 aromatic rings. The number of hydrogen-bond acceptors (Lipinski definition) is 3. The number of morpholine rings is 1. The second kappa shape index (κ2) is 8.15. The Kier molecular flexibility index (Phi) is 6.84. The maximum atomic E-state index is 12.4. The molecule has 1 aliphatic rings. The summed E-state index contributed by atoms with van der Waals surface area (Å²) >= 11 is 0. The van der Waals surface area contributed by atoms with E-state index in [0.29, 0.717) is 19.7 Å². The van der Waals surface area contributed by atoms with Gasteiger partial charge in [0, 0.05) is 19.0 Å². The molecule has 1 heterocycles. The zero-order valence-electron chi connectivity index (χ0n) is 11.9. The third kappa shape index (κ3) is 5.19. The van der Waals surface area contributed by atoms with Crippen LogP contribution in [0.3, 0.4) is 0 Å². The van der Waals surface area contributed by atoms with Gasteiger partial charge in [0.2, 0.25) is 5.91 Å². The molecule has 1 rings (SSSR count). The van der Waals surface area contributed by atoms with Gasteiger partial charge in [-0.15, -0.1) is 0 Å². The Bertz CT molecular complexity index is 306. The second-order valence-electron chi connectivity index (χ2n) is 5.12. The van der Waals surface area contributed by atoms with Crippen LogP contribution in [-0.2, 0) is 14.3 Å². The molecular weight excluding hydrogens is 246 g/mol. The van der Waals surface area contributed by atoms with Gasteiger partial charge in [0.05, 0.1) is 19.1 Å². The molecule has 0 radical (unpaired) electrons. The van der Waals surface area contributed by atoms with Crippen molar-refractivity contribution in [3.05, 3.63) is 0 Å². The van der Waals surface area contributed by atoms with Crippen molar-refractivity contribution < 1.29 is 19.4 Å². The molecule has 0 aromatic carbocycles. The lowest BCUT2D eigenvalue weighted by Crippen LogP contribution is -2.48. The van der Waals surface area contributed by atoms with Crippen LogP contribution in [0.25, 0.3) is 0 Å². The Morgan fingerprint density at radius 3 is 2.74 bits per heavy atom. The summed E-state index contributed by atoms with van der Waals surface area (Å²) in [5, 5.41) is 8.78. The number of hydrogen-bond donors (Lipinski definition) is 1. The summed E-state index contributed by atoms with van der Waals surface area (Å²) < 4.78 is 5.39. The van der Waals surface area contributed by atoms with E-state index in [1.54, 1.807) is 4.90 Å². The number of nitrogens with zero attached hydrogens (tertiary/aromatic N) is 1. The van der Waals surface area contributed by atoms with Crippen LogP contribution in [0.5, 0.6) is 0 Å². The van der Waals surface area contributed by atoms with Gasteiger partial charge in [-0.1, -0.05) is 26.7 Å². The highest BCUT2D eigenvalue weighted by molar-refractivity contribution is 5.79. The summed E-state index contributed by atoms with van der Waals surface area (Å²) in [4.78, 5) is 24.9. The molecule has 1 fully saturated rings. The molecule has 0 aromatic heterocycles. The maximum absolute atomic E-state index is 12.4. The van der Waals surface area contributed by atoms with Crippen molar-refractivity contribution in [3.63, 3.8) is 0 Å². The normalized spacial score (nSPS) is 21.2. The number of aliphatic carboxylic acids is 1. The van der Waals surface area contributed by atoms with Crippen LogP contribution in [0.2, 0.25) is 0 Å². The number of carbonyl (C=O) groups excluding carboxylic acids is 1. The van der Waals surface area contributed by atoms with Crippen molar-refractivity contribution >= 4 is 11.9 Å². The van der Waals surface area contributed by atoms with Crippen LogP contribution in [0.15, 0.2) is 0 Å². The Hall–Kier alpha value is -1.10. The molecule has 110 valence electrons. The number of rotatable bonds is 7. The first-order chi connectivity index (χ1) is 9.08. The predicted octanol–water partition coefficient (Wildman–Crippen LogP) is 1.90. The minimum atomic E-state index is -0.877. The van der Waals surface area contributed by atoms with Crippen molar-refractivity contribution in [2.75, 3.05) is 19.7 Å². The molecule has 5 heteroatoms. The van der Waals surface area contributed by atoms with Gasteiger partial charge in [-0.25, -0.2) is 0 Å². The fourth-order valence-electron chi connectivity index (χ4n) is 2.45. The first kappa shape index (κ1) is 16.0. The van der Waals surface area contributed by atoms with Gasteiger partial charge in [0.15, 0.2) is 0 Å². The van der Waals surface area contributed by atoms with Crippen LogP contribution in [-0.4, -0.2) is 47.7 Å². The highest BCUT2D eigenvalue weighted by atomic mass is 16.5. The minimum Gasteiger partial charge on any atom is -0.481 e. The van der Waals surface area contributed by atoms with Gasteiger partial charge in [-0.3, -0.25) is 9.59 Å². The van der Waals surface area contributed by atoms with E-state index >= 15 is 0 Å². The van der Waals surface area contributed by atoms with Gasteiger partial charge in [-0.05, 0) is 12.8 Å². The average molecular weight is 271 g/mol. The van der Waals surface area contributed by atoms with Crippen LogP contribution >= 0.6 is 0 Å². The third-order valence-electron chi connectivity index (χ3n) is 3.60. The first-order valence-corrected chi connectivity index (χ1v) is 7.20. The molecule has 2 unspecified atom stereocenters. The van der Waals surface area contributed by atoms with Crippen LogP contribution in [0, 0.1) is 5.92 Å². The Morgan fingerprint density at radius 1 is 1.42 bits per heavy atom. The van der Waals surface area contributed by atoms with E-state index in [-0.39, 0.29) is 24.3 Å². The fourth-order valence-corrected chi connectivity index (χ4v) is 2.45. The van der Waals surface area contributed by atoms with Crippen LogP contribution < -0.4 is 0 Å². The van der Waals surface area contributed by atoms with E-state index < -0.39 is 5.97 Å². The van der Waals surface area contributed by atoms with Crippen LogP contribution in [0.4, 0.5) is 0 Å². The van der Waals surface area contributed by atoms with Gasteiger partial charge >= 0.3 is 5.97 Å². The molecule has 1 saturated heterocycles. The topological polar surface area (TPSA) is 66.8 Å². The molecular formula is C14H25NO4. The van der Waals surface area contributed by atoms with Crippen molar-refractivity contribution in [2.45, 2.75) is 52.1 Å². The summed E-state index contributed by atoms with van der Waals surface area (Å²) in [6.07, 6.45) is 3.53. The lowest BCUT2D eigenvalue weighted by molar-refractivity contribution is -0.150. The molecule has 1 aliphatic heterocycles. The van der Waals surface area contributed by atoms with Crippen molar-refractivity contribution in [2.24, 2.45) is 5.92 Å². The maximum Gasteiger partial charge on any atom is 0.306 e. The third-order valence-corrected chi connectivity index (χ3v) is 3.60. The molecule has 1 amide bonds. The number of carboxylic acids is 1. The number of amides is 1. The summed E-state index contributed by atoms with van der Waals surface area (Å²) in [6, 6.07) is 0. The molecule has 5 nitrogen and oxygen atoms in total. The van der Waals surface area contributed by atoms with E-state index in [1.165, 1.54) is 0 Å². The smallest absolute Gasteiger partial charge is 0.306 e. The molecule has 19 heavy (non-hydrogen) atoms. The molecule has 0 bridgehead atoms. The van der Waals surface area contributed by atoms with Crippen molar-refractivity contribution in [1.29, 1.82) is 0 Å². The van der Waals surface area contributed by atoms with Gasteiger partial charge in [-0.2, -0.15) is 0 Å². The summed E-state index contributed by atoms with van der Waals surface area (Å²) in [6.45, 7) is 5.58. The summed E-state index contributed by atoms with van der Waals surface area (Å²) in [7, 11) is 0. The average Bonchev–Trinajstić information content (AvgIpc) is 2.39. The molecule has 1 N–H and O–H groups in total. The molecule has 2 atom stereocenters. The minimum absolute atomic E-state index is 0.0322. The summed E-state index contributed by atoms with van der Waals surface area (Å²) in [5.41, 5.74) is 0. The largest absolute Gasteiger partial charge is 0.481 e. The monoisotopic (exact) mass is 271 g/mol. The van der Waals surface area contributed by atoms with Gasteiger partial charge < -0.3 is 14.7 Å². The first-order valence-electron chi connectivity index (χ1n) is 7.20. The second-order valence-corrected chi connectivity index (χ2v) is 5.12. The lowest BCUT2D eigenvalue weighted by Gasteiger charge is -2.34. The Labute approximate surface area is 114 Å². The van der Waals surface area contributed by atoms with E-state index in [9.17, 15) is 9.59 Å². The number of unbranched alkanes of at least 4 members (excludes halogenated alkanes) is 1. The zero-order valence-corrected chi connectivity index (χ0v) is 11.9. The van der Waals surface area contributed by atoms with E-state index in [1.807, 2.05) is 6.92 Å². The number of ether oxygens (including phenoxy) is 1.